The first-order valence-electron chi connectivity index (χ1n) is 3.38. The molecule has 4 N–H and O–H groups in total. The van der Waals surface area contributed by atoms with E-state index in [1.54, 1.807) is 0 Å². The summed E-state index contributed by atoms with van der Waals surface area (Å²) in [5, 5.41) is 13.2. The van der Waals surface area contributed by atoms with Gasteiger partial charge in [-0.25, -0.2) is 0 Å². The Morgan fingerprint density at radius 1 is 1.00 bits per heavy atom. The Hall–Kier alpha value is -0.160. The van der Waals surface area contributed by atoms with Crippen LogP contribution in [0.2, 0.25) is 0 Å². The Labute approximate surface area is 54.4 Å². The molecule has 0 spiro atoms. The minimum atomic E-state index is 0.492. The van der Waals surface area contributed by atoms with Gasteiger partial charge in [-0.3, -0.25) is 16.0 Å². The summed E-state index contributed by atoms with van der Waals surface area (Å²) < 4.78 is 0. The van der Waals surface area contributed by atoms with E-state index < -0.39 is 0 Å². The first-order valence-corrected chi connectivity index (χ1v) is 3.38. The third kappa shape index (κ3) is 0.943. The Morgan fingerprint density at radius 3 is 2.78 bits per heavy atom. The number of rotatable bonds is 0. The van der Waals surface area contributed by atoms with Gasteiger partial charge in [0.1, 0.15) is 0 Å². The number of hydrogen-bond donors (Lipinski definition) is 4. The van der Waals surface area contributed by atoms with Crippen LogP contribution in [0.25, 0.3) is 0 Å². The van der Waals surface area contributed by atoms with Crippen molar-refractivity contribution < 1.29 is 0 Å². The average molecular weight is 128 g/mol. The topological polar surface area (TPSA) is 48.1 Å². The molecule has 0 saturated carbocycles. The summed E-state index contributed by atoms with van der Waals surface area (Å²) in [6, 6.07) is 0.582. The van der Waals surface area contributed by atoms with Crippen molar-refractivity contribution in [3.63, 3.8) is 0 Å². The third-order valence-electron chi connectivity index (χ3n) is 1.90. The van der Waals surface area contributed by atoms with Crippen molar-refractivity contribution in [1.29, 1.82) is 0 Å². The number of hydrogen-bond acceptors (Lipinski definition) is 4. The zero-order valence-electron chi connectivity index (χ0n) is 5.28. The van der Waals surface area contributed by atoms with Crippen LogP contribution in [0, 0.1) is 0 Å². The van der Waals surface area contributed by atoms with E-state index in [-0.39, 0.29) is 0 Å². The van der Waals surface area contributed by atoms with Crippen LogP contribution in [0.15, 0.2) is 0 Å². The zero-order chi connectivity index (χ0) is 6.10. The molecule has 0 aromatic rings. The molecule has 52 valence electrons. The van der Waals surface area contributed by atoms with Crippen molar-refractivity contribution in [2.45, 2.75) is 12.2 Å². The Balaban J connectivity index is 1.97. The standard InChI is InChI=1S/C5H12N4/c1-4-5(8-2-6-1)9-3-7-4/h4-9H,1-3H2/t4-,5-/m0/s1. The maximum Gasteiger partial charge on any atom is 0.0762 e. The molecule has 0 unspecified atom stereocenters. The van der Waals surface area contributed by atoms with Gasteiger partial charge in [0, 0.05) is 25.9 Å². The maximum absolute atomic E-state index is 3.32. The van der Waals surface area contributed by atoms with E-state index in [1.165, 1.54) is 0 Å². The molecule has 0 radical (unpaired) electrons. The van der Waals surface area contributed by atoms with Gasteiger partial charge in [0.05, 0.1) is 6.17 Å². The van der Waals surface area contributed by atoms with Gasteiger partial charge in [-0.1, -0.05) is 0 Å². The molecule has 2 aliphatic rings. The van der Waals surface area contributed by atoms with Crippen molar-refractivity contribution >= 4 is 0 Å². The fraction of sp³-hybridized carbons (Fsp3) is 1.00. The van der Waals surface area contributed by atoms with Crippen molar-refractivity contribution in [3.8, 4) is 0 Å². The molecule has 2 fully saturated rings. The molecule has 2 atom stereocenters. The van der Waals surface area contributed by atoms with E-state index >= 15 is 0 Å². The Kier molecular flexibility index (Phi) is 1.39. The normalized spacial score (nSPS) is 42.7. The van der Waals surface area contributed by atoms with Crippen molar-refractivity contribution in [2.75, 3.05) is 19.9 Å². The molecule has 0 aromatic heterocycles. The van der Waals surface area contributed by atoms with Crippen LogP contribution in [0.1, 0.15) is 0 Å². The van der Waals surface area contributed by atoms with Gasteiger partial charge in [-0.05, 0) is 0 Å². The molecule has 0 bridgehead atoms. The van der Waals surface area contributed by atoms with Crippen molar-refractivity contribution in [3.05, 3.63) is 0 Å². The lowest BCUT2D eigenvalue weighted by Gasteiger charge is -2.26. The van der Waals surface area contributed by atoms with Crippen LogP contribution in [0.5, 0.6) is 0 Å². The van der Waals surface area contributed by atoms with Crippen LogP contribution >= 0.6 is 0 Å². The highest BCUT2D eigenvalue weighted by Gasteiger charge is 2.27. The largest absolute Gasteiger partial charge is 0.303 e. The molecule has 0 aromatic carbocycles. The van der Waals surface area contributed by atoms with Crippen molar-refractivity contribution in [2.24, 2.45) is 0 Å². The summed E-state index contributed by atoms with van der Waals surface area (Å²) in [5.74, 6) is 0. The molecule has 4 nitrogen and oxygen atoms in total. The molecule has 2 rings (SSSR count). The fourth-order valence-corrected chi connectivity index (χ4v) is 1.37. The number of nitrogens with one attached hydrogen (secondary N) is 4. The molecule has 2 heterocycles. The summed E-state index contributed by atoms with van der Waals surface area (Å²) in [5.41, 5.74) is 0. The average Bonchev–Trinajstić information content (AvgIpc) is 2.33. The van der Waals surface area contributed by atoms with Crippen LogP contribution in [-0.2, 0) is 0 Å². The Bertz CT molecular complexity index is 93.1. The predicted octanol–water partition coefficient (Wildman–Crippen LogP) is -2.02. The van der Waals surface area contributed by atoms with E-state index in [0.717, 1.165) is 19.9 Å². The second-order valence-corrected chi connectivity index (χ2v) is 2.50. The third-order valence-corrected chi connectivity index (χ3v) is 1.90. The van der Waals surface area contributed by atoms with Gasteiger partial charge in [-0.2, -0.15) is 0 Å². The van der Waals surface area contributed by atoms with Crippen LogP contribution < -0.4 is 21.3 Å². The predicted molar refractivity (Wildman–Crippen MR) is 34.7 cm³/mol. The molecule has 0 aliphatic carbocycles. The minimum absolute atomic E-state index is 0.492. The zero-order valence-corrected chi connectivity index (χ0v) is 5.28. The van der Waals surface area contributed by atoms with Gasteiger partial charge in [0.2, 0.25) is 0 Å². The minimum Gasteiger partial charge on any atom is -0.303 e. The molecule has 9 heavy (non-hydrogen) atoms. The monoisotopic (exact) mass is 128 g/mol. The van der Waals surface area contributed by atoms with Gasteiger partial charge in [0.25, 0.3) is 0 Å². The molecule has 2 aliphatic heterocycles. The van der Waals surface area contributed by atoms with Gasteiger partial charge in [0.15, 0.2) is 0 Å². The molecular formula is C5H12N4. The maximum atomic E-state index is 3.32. The lowest BCUT2D eigenvalue weighted by atomic mass is 10.2. The van der Waals surface area contributed by atoms with Gasteiger partial charge in [-0.15, -0.1) is 0 Å². The highest BCUT2D eigenvalue weighted by atomic mass is 15.3. The van der Waals surface area contributed by atoms with E-state index in [4.69, 9.17) is 0 Å². The van der Waals surface area contributed by atoms with Crippen LogP contribution in [0.3, 0.4) is 0 Å². The summed E-state index contributed by atoms with van der Waals surface area (Å²) in [7, 11) is 0. The first kappa shape index (κ1) is 5.61. The van der Waals surface area contributed by atoms with Gasteiger partial charge < -0.3 is 5.32 Å². The molecule has 2 saturated heterocycles. The van der Waals surface area contributed by atoms with E-state index in [0.29, 0.717) is 12.2 Å². The van der Waals surface area contributed by atoms with E-state index in [1.807, 2.05) is 0 Å². The van der Waals surface area contributed by atoms with E-state index in [9.17, 15) is 0 Å². The summed E-state index contributed by atoms with van der Waals surface area (Å²) in [6.45, 7) is 2.94. The summed E-state index contributed by atoms with van der Waals surface area (Å²) >= 11 is 0. The molecular weight excluding hydrogens is 116 g/mol. The smallest absolute Gasteiger partial charge is 0.0762 e. The van der Waals surface area contributed by atoms with Crippen LogP contribution in [0.4, 0.5) is 0 Å². The molecule has 4 heteroatoms. The lowest BCUT2D eigenvalue weighted by molar-refractivity contribution is 0.340. The summed E-state index contributed by atoms with van der Waals surface area (Å²) in [6.07, 6.45) is 0.492. The fourth-order valence-electron chi connectivity index (χ4n) is 1.37. The quantitative estimate of drug-likeness (QED) is 0.304. The SMILES string of the molecule is C1NC[C@@H]2NCN[C@@H]2N1. The Morgan fingerprint density at radius 2 is 1.89 bits per heavy atom. The molecule has 0 amide bonds. The highest BCUT2D eigenvalue weighted by molar-refractivity contribution is 4.89. The van der Waals surface area contributed by atoms with E-state index in [2.05, 4.69) is 21.3 Å². The summed E-state index contributed by atoms with van der Waals surface area (Å²) in [4.78, 5) is 0. The lowest BCUT2D eigenvalue weighted by Crippen LogP contribution is -2.58. The highest BCUT2D eigenvalue weighted by Crippen LogP contribution is 1.97. The van der Waals surface area contributed by atoms with Gasteiger partial charge >= 0.3 is 0 Å². The van der Waals surface area contributed by atoms with Crippen LogP contribution in [-0.4, -0.2) is 32.1 Å². The first-order chi connectivity index (χ1) is 4.47. The second kappa shape index (κ2) is 2.22. The second-order valence-electron chi connectivity index (χ2n) is 2.50. The van der Waals surface area contributed by atoms with Crippen molar-refractivity contribution in [1.82, 2.24) is 21.3 Å². The number of fused-ring (bicyclic) bond motifs is 1.